The molecule has 0 aliphatic carbocycles. The zero-order valence-corrected chi connectivity index (χ0v) is 48.0. The molecule has 0 radical (unpaired) electrons. The Hall–Kier alpha value is -1.66. The number of unbranched alkanes of at least 4 members (excludes halogenated alkanes) is 45. The lowest BCUT2D eigenvalue weighted by Gasteiger charge is -2.22. The highest BCUT2D eigenvalue weighted by Gasteiger charge is 2.20. The van der Waals surface area contributed by atoms with Gasteiger partial charge < -0.3 is 20.3 Å². The Morgan fingerprint density at radius 2 is 0.704 bits per heavy atom. The summed E-state index contributed by atoms with van der Waals surface area (Å²) < 4.78 is 5.42. The number of carbonyl (C=O) groups is 2. The van der Waals surface area contributed by atoms with Gasteiger partial charge in [0.15, 0.2) is 0 Å². The first-order chi connectivity index (χ1) is 35.0. The van der Waals surface area contributed by atoms with E-state index >= 15 is 0 Å². The smallest absolute Gasteiger partial charge is 0.305 e. The molecule has 0 saturated carbocycles. The van der Waals surface area contributed by atoms with Gasteiger partial charge in [-0.3, -0.25) is 9.59 Å². The van der Waals surface area contributed by atoms with Crippen LogP contribution in [0.2, 0.25) is 0 Å². The molecule has 0 heterocycles. The number of aliphatic hydroxyl groups is 2. The highest BCUT2D eigenvalue weighted by Crippen LogP contribution is 2.18. The highest BCUT2D eigenvalue weighted by molar-refractivity contribution is 5.76. The monoisotopic (exact) mass is 1000 g/mol. The van der Waals surface area contributed by atoms with Crippen LogP contribution in [-0.4, -0.2) is 47.4 Å². The van der Waals surface area contributed by atoms with Gasteiger partial charge >= 0.3 is 5.97 Å². The summed E-state index contributed by atoms with van der Waals surface area (Å²) in [6.07, 6.45) is 74.9. The van der Waals surface area contributed by atoms with Crippen molar-refractivity contribution >= 4 is 11.9 Å². The lowest BCUT2D eigenvalue weighted by Crippen LogP contribution is -2.45. The first-order valence-electron chi connectivity index (χ1n) is 32.1. The van der Waals surface area contributed by atoms with E-state index in [0.717, 1.165) is 51.4 Å². The third-order valence-electron chi connectivity index (χ3n) is 15.0. The third-order valence-corrected chi connectivity index (χ3v) is 15.0. The van der Waals surface area contributed by atoms with Crippen LogP contribution in [0.4, 0.5) is 0 Å². The maximum atomic E-state index is 12.5. The van der Waals surface area contributed by atoms with Crippen molar-refractivity contribution in [1.29, 1.82) is 0 Å². The zero-order chi connectivity index (χ0) is 51.4. The minimum atomic E-state index is -0.668. The van der Waals surface area contributed by atoms with Crippen LogP contribution >= 0.6 is 0 Å². The van der Waals surface area contributed by atoms with E-state index in [9.17, 15) is 19.8 Å². The van der Waals surface area contributed by atoms with Crippen LogP contribution in [0.1, 0.15) is 354 Å². The third kappa shape index (κ3) is 57.5. The Balaban J connectivity index is 3.44. The van der Waals surface area contributed by atoms with Gasteiger partial charge in [0.05, 0.1) is 25.4 Å². The number of hydrogen-bond donors (Lipinski definition) is 3. The van der Waals surface area contributed by atoms with Crippen LogP contribution < -0.4 is 5.32 Å². The van der Waals surface area contributed by atoms with Gasteiger partial charge in [-0.25, -0.2) is 0 Å². The van der Waals surface area contributed by atoms with Crippen LogP contribution in [0.5, 0.6) is 0 Å². The number of aliphatic hydroxyl groups excluding tert-OH is 2. The van der Waals surface area contributed by atoms with Gasteiger partial charge in [0.25, 0.3) is 0 Å². The molecule has 0 aliphatic rings. The zero-order valence-electron chi connectivity index (χ0n) is 48.0. The molecule has 0 rings (SSSR count). The highest BCUT2D eigenvalue weighted by atomic mass is 16.5. The minimum Gasteiger partial charge on any atom is -0.465 e. The molecule has 6 heteroatoms. The maximum Gasteiger partial charge on any atom is 0.305 e. The number of carbonyl (C=O) groups excluding carboxylic acids is 2. The number of amides is 1. The molecule has 420 valence electrons. The second-order valence-corrected chi connectivity index (χ2v) is 22.1. The van der Waals surface area contributed by atoms with Gasteiger partial charge in [-0.15, -0.1) is 0 Å². The van der Waals surface area contributed by atoms with Gasteiger partial charge in [-0.1, -0.05) is 321 Å². The molecule has 0 aliphatic heterocycles. The van der Waals surface area contributed by atoms with Crippen molar-refractivity contribution in [1.82, 2.24) is 5.32 Å². The predicted molar refractivity (Wildman–Crippen MR) is 310 cm³/mol. The largest absolute Gasteiger partial charge is 0.465 e. The van der Waals surface area contributed by atoms with Gasteiger partial charge in [0.2, 0.25) is 5.91 Å². The van der Waals surface area contributed by atoms with Crippen molar-refractivity contribution in [3.05, 3.63) is 24.3 Å². The Labute approximate surface area is 443 Å². The van der Waals surface area contributed by atoms with Crippen molar-refractivity contribution in [3.8, 4) is 0 Å². The van der Waals surface area contributed by atoms with Crippen LogP contribution in [0, 0.1) is 0 Å². The van der Waals surface area contributed by atoms with Crippen LogP contribution in [0.3, 0.4) is 0 Å². The van der Waals surface area contributed by atoms with Crippen molar-refractivity contribution in [2.75, 3.05) is 13.2 Å². The fourth-order valence-corrected chi connectivity index (χ4v) is 10.1. The molecule has 0 spiro atoms. The molecular formula is C65H125NO5. The number of hydrogen-bond acceptors (Lipinski definition) is 5. The molecule has 1 amide bonds. The van der Waals surface area contributed by atoms with Crippen molar-refractivity contribution in [2.45, 2.75) is 366 Å². The molecule has 0 bridgehead atoms. The predicted octanol–water partition coefficient (Wildman–Crippen LogP) is 20.2. The summed E-state index contributed by atoms with van der Waals surface area (Å²) in [5.41, 5.74) is 0. The SMILES string of the molecule is CCCCCCCCCCCCCCCCCCCCCC(O)C(CO)NC(=O)CCCCCCCCCCCCCCCC/C=C\C/C=C\CCOC(=O)CCCCCCCCCCCCCCCC. The molecular weight excluding hydrogens is 875 g/mol. The summed E-state index contributed by atoms with van der Waals surface area (Å²) >= 11 is 0. The van der Waals surface area contributed by atoms with Gasteiger partial charge in [-0.2, -0.15) is 0 Å². The van der Waals surface area contributed by atoms with E-state index in [2.05, 4.69) is 43.5 Å². The number of ether oxygens (including phenoxy) is 1. The molecule has 0 aromatic heterocycles. The molecule has 0 fully saturated rings. The van der Waals surface area contributed by atoms with E-state index in [1.807, 2.05) is 0 Å². The molecule has 0 saturated heterocycles. The van der Waals surface area contributed by atoms with E-state index in [0.29, 0.717) is 25.9 Å². The average Bonchev–Trinajstić information content (AvgIpc) is 3.37. The number of esters is 1. The van der Waals surface area contributed by atoms with Crippen LogP contribution in [0.25, 0.3) is 0 Å². The second-order valence-electron chi connectivity index (χ2n) is 22.1. The van der Waals surface area contributed by atoms with E-state index in [1.165, 1.54) is 270 Å². The number of allylic oxidation sites excluding steroid dienone is 3. The van der Waals surface area contributed by atoms with E-state index in [1.54, 1.807) is 0 Å². The summed E-state index contributed by atoms with van der Waals surface area (Å²) in [7, 11) is 0. The van der Waals surface area contributed by atoms with Crippen LogP contribution in [-0.2, 0) is 14.3 Å². The molecule has 2 atom stereocenters. The number of rotatable bonds is 60. The van der Waals surface area contributed by atoms with E-state index in [-0.39, 0.29) is 18.5 Å². The Bertz CT molecular complexity index is 1110. The fraction of sp³-hybridized carbons (Fsp3) is 0.908. The summed E-state index contributed by atoms with van der Waals surface area (Å²) in [6, 6.07) is -0.546. The average molecular weight is 1000 g/mol. The number of nitrogens with one attached hydrogen (secondary N) is 1. The standard InChI is InChI=1S/C65H125NO5/c1-3-5-7-9-11-13-15-17-19-20-24-27-30-33-37-41-45-49-53-57-63(68)62(61-67)66-64(69)58-54-50-46-42-38-34-31-28-25-22-21-23-26-29-32-36-40-44-48-52-56-60-71-65(70)59-55-51-47-43-39-35-18-16-14-12-10-8-6-4-2/h36,40,48,52,62-63,67-68H,3-35,37-39,41-47,49-51,53-61H2,1-2H3,(H,66,69)/b40-36-,52-48-. The quantitative estimate of drug-likeness (QED) is 0.0320. The molecule has 71 heavy (non-hydrogen) atoms. The molecule has 3 N–H and O–H groups in total. The topological polar surface area (TPSA) is 95.9 Å². The maximum absolute atomic E-state index is 12.5. The van der Waals surface area contributed by atoms with Crippen molar-refractivity contribution in [3.63, 3.8) is 0 Å². The summed E-state index contributed by atoms with van der Waals surface area (Å²) in [6.45, 7) is 4.87. The normalized spacial score (nSPS) is 12.7. The molecule has 6 nitrogen and oxygen atoms in total. The fourth-order valence-electron chi connectivity index (χ4n) is 10.1. The van der Waals surface area contributed by atoms with E-state index < -0.39 is 12.1 Å². The van der Waals surface area contributed by atoms with E-state index in [4.69, 9.17) is 4.74 Å². The molecule has 0 aromatic carbocycles. The summed E-state index contributed by atoms with van der Waals surface area (Å²) in [4.78, 5) is 24.5. The van der Waals surface area contributed by atoms with Crippen molar-refractivity contribution < 1.29 is 24.5 Å². The summed E-state index contributed by atoms with van der Waals surface area (Å²) in [5, 5.41) is 23.4. The Morgan fingerprint density at radius 3 is 1.07 bits per heavy atom. The molecule has 0 aromatic rings. The lowest BCUT2D eigenvalue weighted by molar-refractivity contribution is -0.143. The first-order valence-corrected chi connectivity index (χ1v) is 32.1. The van der Waals surface area contributed by atoms with Crippen LogP contribution in [0.15, 0.2) is 24.3 Å². The van der Waals surface area contributed by atoms with Crippen molar-refractivity contribution in [2.24, 2.45) is 0 Å². The van der Waals surface area contributed by atoms with Gasteiger partial charge in [0.1, 0.15) is 0 Å². The van der Waals surface area contributed by atoms with Gasteiger partial charge in [-0.05, 0) is 44.9 Å². The lowest BCUT2D eigenvalue weighted by atomic mass is 10.0. The minimum absolute atomic E-state index is 0.0323. The summed E-state index contributed by atoms with van der Waals surface area (Å²) in [5.74, 6) is -0.0687. The Morgan fingerprint density at radius 1 is 0.394 bits per heavy atom. The van der Waals surface area contributed by atoms with Gasteiger partial charge in [0, 0.05) is 12.8 Å². The first kappa shape index (κ1) is 69.3. The molecule has 2 unspecified atom stereocenters. The second kappa shape index (κ2) is 60.9. The Kier molecular flexibility index (Phi) is 59.5.